The number of benzene rings is 1. The summed E-state index contributed by atoms with van der Waals surface area (Å²) in [6.45, 7) is 2.30. The summed E-state index contributed by atoms with van der Waals surface area (Å²) in [7, 11) is -2.26. The average molecular weight is 470 g/mol. The van der Waals surface area contributed by atoms with Gasteiger partial charge >= 0.3 is 0 Å². The highest BCUT2D eigenvalue weighted by molar-refractivity contribution is 7.89. The number of hydrogen-bond donors (Lipinski definition) is 1. The smallest absolute Gasteiger partial charge is 0.256 e. The highest BCUT2D eigenvalue weighted by Crippen LogP contribution is 2.39. The number of sulfonamides is 1. The highest BCUT2D eigenvalue weighted by Gasteiger charge is 2.25. The molecule has 32 heavy (non-hydrogen) atoms. The number of amides is 1. The van der Waals surface area contributed by atoms with E-state index in [1.165, 1.54) is 53.2 Å². The van der Waals surface area contributed by atoms with Crippen molar-refractivity contribution in [3.8, 4) is 6.07 Å². The van der Waals surface area contributed by atoms with Crippen molar-refractivity contribution in [3.05, 3.63) is 70.0 Å². The summed E-state index contributed by atoms with van der Waals surface area (Å²) in [5.74, 6) is 0.728. The Morgan fingerprint density at radius 1 is 1.31 bits per heavy atom. The van der Waals surface area contributed by atoms with Crippen LogP contribution in [-0.4, -0.2) is 25.7 Å². The molecule has 1 atom stereocenters. The molecule has 1 aliphatic rings. The van der Waals surface area contributed by atoms with Crippen LogP contribution in [0.3, 0.4) is 0 Å². The molecule has 9 heteroatoms. The maximum atomic E-state index is 12.8. The molecule has 2 aromatic heterocycles. The average Bonchev–Trinajstić information content (AvgIpc) is 3.40. The number of fused-ring (bicyclic) bond motifs is 1. The fourth-order valence-corrected chi connectivity index (χ4v) is 6.29. The summed E-state index contributed by atoms with van der Waals surface area (Å²) in [5, 5.41) is 13.0. The second kappa shape index (κ2) is 8.90. The maximum Gasteiger partial charge on any atom is 0.256 e. The van der Waals surface area contributed by atoms with Crippen LogP contribution in [0.25, 0.3) is 0 Å². The number of nitriles is 1. The van der Waals surface area contributed by atoms with E-state index in [2.05, 4.69) is 18.3 Å². The van der Waals surface area contributed by atoms with E-state index in [1.807, 2.05) is 0 Å². The van der Waals surface area contributed by atoms with E-state index in [4.69, 9.17) is 4.42 Å². The molecule has 0 bridgehead atoms. The minimum absolute atomic E-state index is 0.0846. The molecule has 1 amide bonds. The summed E-state index contributed by atoms with van der Waals surface area (Å²) in [6.07, 6.45) is 4.30. The SMILES string of the molecule is CC1CCc2c(sc(NC(=O)c3ccc(S(=O)(=O)N(C)Cc4ccco4)cc3)c2C#N)C1. The lowest BCUT2D eigenvalue weighted by Crippen LogP contribution is -2.26. The molecule has 0 fully saturated rings. The Kier molecular flexibility index (Phi) is 6.20. The van der Waals surface area contributed by atoms with Gasteiger partial charge in [0.1, 0.15) is 16.8 Å². The van der Waals surface area contributed by atoms with Gasteiger partial charge in [0, 0.05) is 17.5 Å². The summed E-state index contributed by atoms with van der Waals surface area (Å²) >= 11 is 1.46. The van der Waals surface area contributed by atoms with Crippen molar-refractivity contribution >= 4 is 32.3 Å². The first kappa shape index (κ1) is 22.3. The van der Waals surface area contributed by atoms with Crippen molar-refractivity contribution in [1.29, 1.82) is 5.26 Å². The number of thiophene rings is 1. The number of rotatable bonds is 6. The van der Waals surface area contributed by atoms with Crippen LogP contribution in [0.1, 0.15) is 45.5 Å². The monoisotopic (exact) mass is 469 g/mol. The van der Waals surface area contributed by atoms with Gasteiger partial charge in [0.15, 0.2) is 0 Å². The zero-order valence-electron chi connectivity index (χ0n) is 17.8. The summed E-state index contributed by atoms with van der Waals surface area (Å²) in [6, 6.07) is 11.4. The molecule has 166 valence electrons. The van der Waals surface area contributed by atoms with Crippen molar-refractivity contribution < 1.29 is 17.6 Å². The number of nitrogens with zero attached hydrogens (tertiary/aromatic N) is 2. The van der Waals surface area contributed by atoms with Crippen LogP contribution in [0, 0.1) is 17.2 Å². The molecular weight excluding hydrogens is 446 g/mol. The number of carbonyl (C=O) groups is 1. The van der Waals surface area contributed by atoms with Gasteiger partial charge in [-0.25, -0.2) is 8.42 Å². The Balaban J connectivity index is 1.50. The molecule has 0 radical (unpaired) electrons. The van der Waals surface area contributed by atoms with Crippen LogP contribution in [0.4, 0.5) is 5.00 Å². The maximum absolute atomic E-state index is 12.8. The highest BCUT2D eigenvalue weighted by atomic mass is 32.2. The largest absolute Gasteiger partial charge is 0.468 e. The van der Waals surface area contributed by atoms with Crippen LogP contribution < -0.4 is 5.32 Å². The summed E-state index contributed by atoms with van der Waals surface area (Å²) in [4.78, 5) is 14.0. The summed E-state index contributed by atoms with van der Waals surface area (Å²) in [5.41, 5.74) is 1.91. The van der Waals surface area contributed by atoms with E-state index in [1.54, 1.807) is 12.1 Å². The van der Waals surface area contributed by atoms with E-state index in [-0.39, 0.29) is 17.3 Å². The lowest BCUT2D eigenvalue weighted by atomic mass is 9.88. The number of carbonyl (C=O) groups excluding carboxylic acids is 1. The number of furan rings is 1. The van der Waals surface area contributed by atoms with Gasteiger partial charge in [-0.05, 0) is 67.1 Å². The first-order chi connectivity index (χ1) is 15.3. The van der Waals surface area contributed by atoms with E-state index in [9.17, 15) is 18.5 Å². The van der Waals surface area contributed by atoms with E-state index < -0.39 is 10.0 Å². The Labute approximate surface area is 191 Å². The Hall–Kier alpha value is -2.93. The van der Waals surface area contributed by atoms with Gasteiger partial charge in [-0.3, -0.25) is 4.79 Å². The fourth-order valence-electron chi connectivity index (χ4n) is 3.80. The lowest BCUT2D eigenvalue weighted by Gasteiger charge is -2.17. The second-order valence-electron chi connectivity index (χ2n) is 7.99. The second-order valence-corrected chi connectivity index (χ2v) is 11.1. The zero-order chi connectivity index (χ0) is 22.9. The molecular formula is C23H23N3O4S2. The number of anilines is 1. The molecule has 1 N–H and O–H groups in total. The minimum atomic E-state index is -3.73. The van der Waals surface area contributed by atoms with Gasteiger partial charge in [0.2, 0.25) is 10.0 Å². The van der Waals surface area contributed by atoms with Crippen LogP contribution in [0.2, 0.25) is 0 Å². The molecule has 1 unspecified atom stereocenters. The lowest BCUT2D eigenvalue weighted by molar-refractivity contribution is 0.102. The minimum Gasteiger partial charge on any atom is -0.468 e. The topological polar surface area (TPSA) is 103 Å². The van der Waals surface area contributed by atoms with Gasteiger partial charge < -0.3 is 9.73 Å². The van der Waals surface area contributed by atoms with E-state index in [0.717, 1.165) is 29.7 Å². The fraction of sp³-hybridized carbons (Fsp3) is 0.304. The summed E-state index contributed by atoms with van der Waals surface area (Å²) < 4.78 is 32.0. The normalized spacial score (nSPS) is 15.9. The predicted molar refractivity (Wildman–Crippen MR) is 122 cm³/mol. The van der Waals surface area contributed by atoms with Crippen molar-refractivity contribution in [2.24, 2.45) is 5.92 Å². The van der Waals surface area contributed by atoms with Crippen LogP contribution >= 0.6 is 11.3 Å². The van der Waals surface area contributed by atoms with Gasteiger partial charge in [-0.15, -0.1) is 11.3 Å². The van der Waals surface area contributed by atoms with Crippen LogP contribution in [-0.2, 0) is 29.4 Å². The third-order valence-electron chi connectivity index (χ3n) is 5.63. The molecule has 0 saturated carbocycles. The first-order valence-corrected chi connectivity index (χ1v) is 12.5. The van der Waals surface area contributed by atoms with Crippen LogP contribution in [0.15, 0.2) is 52.0 Å². The van der Waals surface area contributed by atoms with Gasteiger partial charge in [-0.2, -0.15) is 9.57 Å². The Morgan fingerprint density at radius 3 is 2.72 bits per heavy atom. The van der Waals surface area contributed by atoms with Crippen LogP contribution in [0.5, 0.6) is 0 Å². The number of nitrogens with one attached hydrogen (secondary N) is 1. The first-order valence-electron chi connectivity index (χ1n) is 10.2. The standard InChI is InChI=1S/C23H23N3O4S2/c1-15-5-10-19-20(13-24)23(31-21(19)12-15)25-22(27)16-6-8-18(9-7-16)32(28,29)26(2)14-17-4-3-11-30-17/h3-4,6-9,11,15H,5,10,12,14H2,1-2H3,(H,25,27). The Bertz CT molecular complexity index is 1270. The van der Waals surface area contributed by atoms with E-state index in [0.29, 0.717) is 27.8 Å². The molecule has 1 aromatic carbocycles. The molecule has 1 aliphatic carbocycles. The van der Waals surface area contributed by atoms with Crippen molar-refractivity contribution in [2.45, 2.75) is 37.6 Å². The molecule has 0 saturated heterocycles. The zero-order valence-corrected chi connectivity index (χ0v) is 19.4. The Morgan fingerprint density at radius 2 is 2.06 bits per heavy atom. The third-order valence-corrected chi connectivity index (χ3v) is 8.62. The molecule has 3 aromatic rings. The molecule has 2 heterocycles. The van der Waals surface area contributed by atoms with Gasteiger partial charge in [0.05, 0.1) is 23.3 Å². The third kappa shape index (κ3) is 4.35. The van der Waals surface area contributed by atoms with Crippen molar-refractivity contribution in [2.75, 3.05) is 12.4 Å². The number of hydrogen-bond acceptors (Lipinski definition) is 6. The molecule has 0 aliphatic heterocycles. The molecule has 4 rings (SSSR count). The van der Waals surface area contributed by atoms with Crippen molar-refractivity contribution in [1.82, 2.24) is 4.31 Å². The van der Waals surface area contributed by atoms with Crippen molar-refractivity contribution in [3.63, 3.8) is 0 Å². The quantitative estimate of drug-likeness (QED) is 0.576. The van der Waals surface area contributed by atoms with Gasteiger partial charge in [-0.1, -0.05) is 6.92 Å². The van der Waals surface area contributed by atoms with Gasteiger partial charge in [0.25, 0.3) is 5.91 Å². The van der Waals surface area contributed by atoms with E-state index >= 15 is 0 Å². The molecule has 7 nitrogen and oxygen atoms in total. The molecule has 0 spiro atoms. The predicted octanol–water partition coefficient (Wildman–Crippen LogP) is 4.41.